The van der Waals surface area contributed by atoms with Gasteiger partial charge in [0.2, 0.25) is 11.8 Å². The Bertz CT molecular complexity index is 1350. The van der Waals surface area contributed by atoms with Gasteiger partial charge in [-0.05, 0) is 36.4 Å². The third kappa shape index (κ3) is 4.25. The molecule has 2 aliphatic rings. The number of nitrogens with zero attached hydrogens (tertiary/aromatic N) is 3. The molecule has 11 heteroatoms. The van der Waals surface area contributed by atoms with Crippen LogP contribution < -0.4 is 21.1 Å². The Kier molecular flexibility index (Phi) is 5.75. The lowest BCUT2D eigenvalue weighted by Gasteiger charge is -2.29. The quantitative estimate of drug-likeness (QED) is 0.487. The maximum Gasteiger partial charge on any atom is 0.413 e. The summed E-state index contributed by atoms with van der Waals surface area (Å²) in [5.74, 6) is 0.163. The minimum atomic E-state index is -0.680. The van der Waals surface area contributed by atoms with E-state index < -0.39 is 18.0 Å². The minimum absolute atomic E-state index is 0.0229. The summed E-state index contributed by atoms with van der Waals surface area (Å²) in [6.45, 7) is 3.34. The van der Waals surface area contributed by atoms with E-state index in [1.54, 1.807) is 25.4 Å². The standard InChI is InChI=1S/C24H25FN6O4/c1-12-16(9-29-23-22(12)27-5-6-34-23)15-7-13-8-18(28-10-17(13)21(26)20(15)25)30-24(33)35-14-3-4-19(32)31(2)11-14/h7-10,14,27H,3-6,11,26H2,1-2H3,(H,28,30,33)/t14-/m0/s1. The van der Waals surface area contributed by atoms with Crippen LogP contribution in [0.1, 0.15) is 18.4 Å². The number of piperidine rings is 1. The van der Waals surface area contributed by atoms with Gasteiger partial charge >= 0.3 is 6.09 Å². The molecule has 2 aliphatic heterocycles. The van der Waals surface area contributed by atoms with Crippen LogP contribution in [0, 0.1) is 12.7 Å². The summed E-state index contributed by atoms with van der Waals surface area (Å²) in [5, 5.41) is 6.86. The third-order valence-corrected chi connectivity index (χ3v) is 6.32. The van der Waals surface area contributed by atoms with Gasteiger partial charge in [0.05, 0.1) is 12.2 Å². The first-order chi connectivity index (χ1) is 16.8. The van der Waals surface area contributed by atoms with Crippen molar-refractivity contribution in [3.05, 3.63) is 35.9 Å². The van der Waals surface area contributed by atoms with E-state index in [0.29, 0.717) is 54.8 Å². The van der Waals surface area contributed by atoms with E-state index in [1.807, 2.05) is 6.92 Å². The highest BCUT2D eigenvalue weighted by molar-refractivity contribution is 5.99. The van der Waals surface area contributed by atoms with Crippen molar-refractivity contribution in [2.45, 2.75) is 25.9 Å². The van der Waals surface area contributed by atoms with Gasteiger partial charge < -0.3 is 25.4 Å². The molecule has 2 amide bonds. The van der Waals surface area contributed by atoms with Gasteiger partial charge in [-0.2, -0.15) is 0 Å². The van der Waals surface area contributed by atoms with Crippen LogP contribution in [-0.4, -0.2) is 59.7 Å². The Hall–Kier alpha value is -4.15. The van der Waals surface area contributed by atoms with Crippen LogP contribution in [0.15, 0.2) is 24.5 Å². The number of pyridine rings is 2. The summed E-state index contributed by atoms with van der Waals surface area (Å²) in [6.07, 6.45) is 2.69. The van der Waals surface area contributed by atoms with Crippen molar-refractivity contribution in [3.8, 4) is 17.0 Å². The number of rotatable bonds is 3. The molecule has 5 rings (SSSR count). The molecule has 0 bridgehead atoms. The van der Waals surface area contributed by atoms with Crippen molar-refractivity contribution in [2.75, 3.05) is 43.1 Å². The number of nitrogens with one attached hydrogen (secondary N) is 2. The van der Waals surface area contributed by atoms with Gasteiger partial charge in [-0.25, -0.2) is 19.2 Å². The Morgan fingerprint density at radius 1 is 1.31 bits per heavy atom. The molecule has 0 unspecified atom stereocenters. The smallest absolute Gasteiger partial charge is 0.413 e. The summed E-state index contributed by atoms with van der Waals surface area (Å²) < 4.78 is 26.3. The van der Waals surface area contributed by atoms with Crippen LogP contribution in [0.25, 0.3) is 21.9 Å². The van der Waals surface area contributed by atoms with Crippen LogP contribution in [0.5, 0.6) is 5.88 Å². The first-order valence-electron chi connectivity index (χ1n) is 11.3. The van der Waals surface area contributed by atoms with Gasteiger partial charge in [-0.15, -0.1) is 0 Å². The molecule has 2 aromatic heterocycles. The highest BCUT2D eigenvalue weighted by Gasteiger charge is 2.26. The Balaban J connectivity index is 1.43. The summed E-state index contributed by atoms with van der Waals surface area (Å²) in [4.78, 5) is 34.1. The van der Waals surface area contributed by atoms with E-state index in [4.69, 9.17) is 15.2 Å². The fraction of sp³-hybridized carbons (Fsp3) is 0.333. The molecule has 4 N–H and O–H groups in total. The first kappa shape index (κ1) is 22.6. The molecule has 10 nitrogen and oxygen atoms in total. The van der Waals surface area contributed by atoms with E-state index in [9.17, 15) is 9.59 Å². The van der Waals surface area contributed by atoms with E-state index in [2.05, 4.69) is 20.6 Å². The van der Waals surface area contributed by atoms with E-state index in [0.717, 1.165) is 11.3 Å². The van der Waals surface area contributed by atoms with Crippen molar-refractivity contribution < 1.29 is 23.5 Å². The average molecular weight is 481 g/mol. The van der Waals surface area contributed by atoms with Crippen LogP contribution >= 0.6 is 0 Å². The fourth-order valence-electron chi connectivity index (χ4n) is 4.41. The molecular weight excluding hydrogens is 455 g/mol. The lowest BCUT2D eigenvalue weighted by atomic mass is 9.97. The third-order valence-electron chi connectivity index (χ3n) is 6.32. The van der Waals surface area contributed by atoms with Gasteiger partial charge in [-0.3, -0.25) is 10.1 Å². The Morgan fingerprint density at radius 3 is 2.94 bits per heavy atom. The average Bonchev–Trinajstić information content (AvgIpc) is 2.84. The predicted octanol–water partition coefficient (Wildman–Crippen LogP) is 3.30. The number of hydrogen-bond acceptors (Lipinski definition) is 8. The zero-order chi connectivity index (χ0) is 24.7. The zero-order valence-corrected chi connectivity index (χ0v) is 19.4. The highest BCUT2D eigenvalue weighted by Crippen LogP contribution is 2.39. The zero-order valence-electron chi connectivity index (χ0n) is 19.4. The fourth-order valence-corrected chi connectivity index (χ4v) is 4.41. The number of aromatic nitrogens is 2. The SMILES string of the molecule is Cc1c(-c2cc3cc(NC(=O)O[C@H]4CCC(=O)N(C)C4)ncc3c(N)c2F)cnc2c1NCCO2. The molecule has 1 aromatic carbocycles. The second-order valence-corrected chi connectivity index (χ2v) is 8.66. The number of benzene rings is 1. The van der Waals surface area contributed by atoms with Crippen molar-refractivity contribution in [3.63, 3.8) is 0 Å². The van der Waals surface area contributed by atoms with Crippen LogP contribution in [0.4, 0.5) is 26.4 Å². The largest absolute Gasteiger partial charge is 0.474 e. The molecule has 1 atom stereocenters. The van der Waals surface area contributed by atoms with Crippen molar-refractivity contribution in [1.82, 2.24) is 14.9 Å². The van der Waals surface area contributed by atoms with Gasteiger partial charge in [0, 0.05) is 48.9 Å². The Labute approximate surface area is 200 Å². The minimum Gasteiger partial charge on any atom is -0.474 e. The molecule has 0 saturated carbocycles. The van der Waals surface area contributed by atoms with E-state index in [1.165, 1.54) is 11.1 Å². The highest BCUT2D eigenvalue weighted by atomic mass is 19.1. The molecule has 35 heavy (non-hydrogen) atoms. The molecule has 0 aliphatic carbocycles. The van der Waals surface area contributed by atoms with Crippen molar-refractivity contribution in [2.24, 2.45) is 0 Å². The van der Waals surface area contributed by atoms with Crippen molar-refractivity contribution >= 4 is 40.0 Å². The summed E-state index contributed by atoms with van der Waals surface area (Å²) in [7, 11) is 1.67. The number of likely N-dealkylation sites (tertiary alicyclic amines) is 1. The number of carbonyl (C=O) groups is 2. The number of anilines is 3. The van der Waals surface area contributed by atoms with Crippen LogP contribution in [-0.2, 0) is 9.53 Å². The Morgan fingerprint density at radius 2 is 2.14 bits per heavy atom. The maximum absolute atomic E-state index is 15.3. The maximum atomic E-state index is 15.3. The van der Waals surface area contributed by atoms with Crippen LogP contribution in [0.2, 0.25) is 0 Å². The van der Waals surface area contributed by atoms with Gasteiger partial charge in [0.1, 0.15) is 24.2 Å². The monoisotopic (exact) mass is 480 g/mol. The summed E-state index contributed by atoms with van der Waals surface area (Å²) in [6, 6.07) is 3.26. The normalized spacial score (nSPS) is 17.4. The molecule has 3 aromatic rings. The van der Waals surface area contributed by atoms with E-state index in [-0.39, 0.29) is 23.0 Å². The van der Waals surface area contributed by atoms with Gasteiger partial charge in [-0.1, -0.05) is 0 Å². The number of carbonyl (C=O) groups excluding carboxylic acids is 2. The number of likely N-dealkylation sites (N-methyl/N-ethyl adjacent to an activating group) is 1. The molecule has 0 spiro atoms. The number of nitrogen functional groups attached to an aromatic ring is 1. The van der Waals surface area contributed by atoms with Gasteiger partial charge in [0.25, 0.3) is 0 Å². The topological polar surface area (TPSA) is 132 Å². The van der Waals surface area contributed by atoms with Gasteiger partial charge in [0.15, 0.2) is 5.82 Å². The van der Waals surface area contributed by atoms with Crippen LogP contribution in [0.3, 0.4) is 0 Å². The summed E-state index contributed by atoms with van der Waals surface area (Å²) >= 11 is 0. The molecule has 4 heterocycles. The number of nitrogens with two attached hydrogens (primary N) is 1. The predicted molar refractivity (Wildman–Crippen MR) is 129 cm³/mol. The molecule has 0 radical (unpaired) electrons. The van der Waals surface area contributed by atoms with E-state index >= 15 is 4.39 Å². The number of hydrogen-bond donors (Lipinski definition) is 3. The lowest BCUT2D eigenvalue weighted by Crippen LogP contribution is -2.42. The molecule has 182 valence electrons. The molecule has 1 fully saturated rings. The van der Waals surface area contributed by atoms with Crippen molar-refractivity contribution in [1.29, 1.82) is 0 Å². The summed E-state index contributed by atoms with van der Waals surface area (Å²) in [5.41, 5.74) is 8.45. The molecular formula is C24H25FN6O4. The number of ether oxygens (including phenoxy) is 2. The number of amides is 2. The number of halogens is 1. The molecule has 1 saturated heterocycles. The first-order valence-corrected chi connectivity index (χ1v) is 11.3. The lowest BCUT2D eigenvalue weighted by molar-refractivity contribution is -0.134. The number of fused-ring (bicyclic) bond motifs is 2. The second kappa shape index (κ2) is 8.90. The second-order valence-electron chi connectivity index (χ2n) is 8.66.